The van der Waals surface area contributed by atoms with Crippen LogP contribution in [0.25, 0.3) is 0 Å². The van der Waals surface area contributed by atoms with Gasteiger partial charge in [-0.2, -0.15) is 0 Å². The van der Waals surface area contributed by atoms with Crippen molar-refractivity contribution in [3.63, 3.8) is 0 Å². The normalized spacial score (nSPS) is 28.5. The molecule has 0 bridgehead atoms. The zero-order valence-corrected chi connectivity index (χ0v) is 17.7. The highest BCUT2D eigenvalue weighted by Gasteiger charge is 2.59. The predicted octanol–water partition coefficient (Wildman–Crippen LogP) is 2.61. The maximum absolute atomic E-state index is 10.2. The summed E-state index contributed by atoms with van der Waals surface area (Å²) >= 11 is 0. The van der Waals surface area contributed by atoms with Crippen molar-refractivity contribution in [3.05, 3.63) is 23.7 Å². The van der Waals surface area contributed by atoms with E-state index in [-0.39, 0.29) is 35.9 Å². The topological polar surface area (TPSA) is 79.0 Å². The summed E-state index contributed by atoms with van der Waals surface area (Å²) in [5.41, 5.74) is 0.0914. The summed E-state index contributed by atoms with van der Waals surface area (Å²) in [5.74, 6) is 2.63. The van der Waals surface area contributed by atoms with Gasteiger partial charge in [-0.3, -0.25) is 4.99 Å². The molecule has 2 aliphatic rings. The van der Waals surface area contributed by atoms with E-state index in [4.69, 9.17) is 9.15 Å². The number of aliphatic hydroxyl groups is 1. The van der Waals surface area contributed by atoms with E-state index < -0.39 is 6.10 Å². The SMILES string of the molecule is CCNC(=NCC(O)c1ccc(C)o1)NC1C2CCOC2C1(C)C.I. The van der Waals surface area contributed by atoms with Crippen molar-refractivity contribution in [1.29, 1.82) is 0 Å². The Kier molecular flexibility index (Phi) is 6.78. The first kappa shape index (κ1) is 20.5. The maximum Gasteiger partial charge on any atom is 0.191 e. The molecule has 4 unspecified atom stereocenters. The number of rotatable bonds is 5. The lowest BCUT2D eigenvalue weighted by Gasteiger charge is -2.54. The van der Waals surface area contributed by atoms with Gasteiger partial charge in [-0.15, -0.1) is 24.0 Å². The van der Waals surface area contributed by atoms with Gasteiger partial charge in [0.1, 0.15) is 17.6 Å². The Bertz CT molecular complexity index is 602. The molecule has 2 fully saturated rings. The monoisotopic (exact) mass is 463 g/mol. The molecule has 0 radical (unpaired) electrons. The highest BCUT2D eigenvalue weighted by molar-refractivity contribution is 14.0. The van der Waals surface area contributed by atoms with Crippen molar-refractivity contribution in [2.75, 3.05) is 19.7 Å². The van der Waals surface area contributed by atoms with E-state index in [0.29, 0.717) is 23.8 Å². The number of hydrogen-bond acceptors (Lipinski definition) is 4. The molecule has 4 atom stereocenters. The van der Waals surface area contributed by atoms with Crippen molar-refractivity contribution >= 4 is 29.9 Å². The molecule has 25 heavy (non-hydrogen) atoms. The second-order valence-electron chi connectivity index (χ2n) is 7.37. The Morgan fingerprint density at radius 1 is 1.44 bits per heavy atom. The van der Waals surface area contributed by atoms with Gasteiger partial charge in [0.15, 0.2) is 5.96 Å². The molecule has 1 aromatic heterocycles. The third-order valence-corrected chi connectivity index (χ3v) is 5.25. The van der Waals surface area contributed by atoms with Crippen LogP contribution in [0.2, 0.25) is 0 Å². The number of guanidine groups is 1. The average molecular weight is 463 g/mol. The fourth-order valence-corrected chi connectivity index (χ4v) is 3.98. The van der Waals surface area contributed by atoms with Crippen LogP contribution in [0, 0.1) is 18.3 Å². The first-order valence-electron chi connectivity index (χ1n) is 8.84. The molecule has 0 aromatic carbocycles. The predicted molar refractivity (Wildman–Crippen MR) is 108 cm³/mol. The lowest BCUT2D eigenvalue weighted by molar-refractivity contribution is -0.106. The summed E-state index contributed by atoms with van der Waals surface area (Å²) in [6, 6.07) is 3.99. The van der Waals surface area contributed by atoms with E-state index in [9.17, 15) is 5.11 Å². The van der Waals surface area contributed by atoms with Gasteiger partial charge in [0, 0.05) is 30.5 Å². The van der Waals surface area contributed by atoms with E-state index in [1.807, 2.05) is 19.9 Å². The summed E-state index contributed by atoms with van der Waals surface area (Å²) in [6.07, 6.45) is 0.708. The summed E-state index contributed by atoms with van der Waals surface area (Å²) in [5, 5.41) is 17.0. The van der Waals surface area contributed by atoms with Crippen LogP contribution in [-0.4, -0.2) is 42.9 Å². The van der Waals surface area contributed by atoms with Crippen LogP contribution in [-0.2, 0) is 4.74 Å². The Hall–Kier alpha value is -0.800. The van der Waals surface area contributed by atoms with Crippen LogP contribution in [0.15, 0.2) is 21.5 Å². The molecular weight excluding hydrogens is 433 g/mol. The van der Waals surface area contributed by atoms with Crippen molar-refractivity contribution in [3.8, 4) is 0 Å². The van der Waals surface area contributed by atoms with Gasteiger partial charge in [-0.25, -0.2) is 0 Å². The standard InChI is InChI=1S/C18H29N3O3.HI/c1-5-19-17(20-10-13(22)14-7-6-11(2)24-14)21-15-12-8-9-23-16(12)18(15,3)4;/h6-7,12-13,15-16,22H,5,8-10H2,1-4H3,(H2,19,20,21);1H. The largest absolute Gasteiger partial charge is 0.464 e. The Balaban J connectivity index is 0.00000225. The Labute approximate surface area is 166 Å². The zero-order chi connectivity index (χ0) is 17.3. The molecule has 3 N–H and O–H groups in total. The number of nitrogens with zero attached hydrogens (tertiary/aromatic N) is 1. The number of aliphatic imine (C=N–C) groups is 1. The second kappa shape index (κ2) is 8.26. The molecule has 0 spiro atoms. The molecule has 1 saturated carbocycles. The number of aliphatic hydroxyl groups excluding tert-OH is 1. The minimum atomic E-state index is -0.730. The van der Waals surface area contributed by atoms with Crippen molar-refractivity contribution < 1.29 is 14.3 Å². The zero-order valence-electron chi connectivity index (χ0n) is 15.4. The number of furan rings is 1. The number of fused-ring (bicyclic) bond motifs is 1. The summed E-state index contributed by atoms with van der Waals surface area (Å²) < 4.78 is 11.3. The molecule has 1 saturated heterocycles. The molecule has 142 valence electrons. The maximum atomic E-state index is 10.2. The van der Waals surface area contributed by atoms with Crippen molar-refractivity contribution in [2.45, 2.75) is 52.4 Å². The quantitative estimate of drug-likeness (QED) is 0.356. The minimum absolute atomic E-state index is 0. The number of nitrogens with one attached hydrogen (secondary N) is 2. The molecule has 1 aromatic rings. The van der Waals surface area contributed by atoms with E-state index in [1.54, 1.807) is 6.07 Å². The van der Waals surface area contributed by atoms with Crippen molar-refractivity contribution in [2.24, 2.45) is 16.3 Å². The number of aryl methyl sites for hydroxylation is 1. The van der Waals surface area contributed by atoms with E-state index in [0.717, 1.165) is 31.3 Å². The van der Waals surface area contributed by atoms with Crippen LogP contribution in [0.1, 0.15) is 44.8 Å². The van der Waals surface area contributed by atoms with Gasteiger partial charge in [-0.05, 0) is 32.4 Å². The third kappa shape index (κ3) is 4.14. The van der Waals surface area contributed by atoms with Gasteiger partial charge in [0.25, 0.3) is 0 Å². The average Bonchev–Trinajstić information content (AvgIpc) is 3.17. The second-order valence-corrected chi connectivity index (χ2v) is 7.37. The molecule has 0 amide bonds. The van der Waals surface area contributed by atoms with Crippen LogP contribution in [0.3, 0.4) is 0 Å². The van der Waals surface area contributed by atoms with Gasteiger partial charge in [-0.1, -0.05) is 13.8 Å². The molecular formula is C18H30IN3O3. The summed E-state index contributed by atoms with van der Waals surface area (Å²) in [7, 11) is 0. The first-order chi connectivity index (χ1) is 11.4. The number of halogens is 1. The van der Waals surface area contributed by atoms with Crippen molar-refractivity contribution in [1.82, 2.24) is 10.6 Å². The van der Waals surface area contributed by atoms with Gasteiger partial charge >= 0.3 is 0 Å². The van der Waals surface area contributed by atoms with Gasteiger partial charge in [0.05, 0.1) is 12.6 Å². The number of hydrogen-bond donors (Lipinski definition) is 3. The molecule has 2 heterocycles. The lowest BCUT2D eigenvalue weighted by Crippen LogP contribution is -2.68. The van der Waals surface area contributed by atoms with E-state index >= 15 is 0 Å². The summed E-state index contributed by atoms with van der Waals surface area (Å²) in [4.78, 5) is 4.54. The fraction of sp³-hybridized carbons (Fsp3) is 0.722. The van der Waals surface area contributed by atoms with Crippen LogP contribution in [0.5, 0.6) is 0 Å². The molecule has 3 rings (SSSR count). The molecule has 1 aliphatic carbocycles. The number of ether oxygens (including phenoxy) is 1. The van der Waals surface area contributed by atoms with E-state index in [1.165, 1.54) is 0 Å². The molecule has 6 nitrogen and oxygen atoms in total. The Morgan fingerprint density at radius 3 is 2.84 bits per heavy atom. The highest BCUT2D eigenvalue weighted by atomic mass is 127. The molecule has 7 heteroatoms. The van der Waals surface area contributed by atoms with Crippen LogP contribution < -0.4 is 10.6 Å². The smallest absolute Gasteiger partial charge is 0.191 e. The minimum Gasteiger partial charge on any atom is -0.464 e. The van der Waals surface area contributed by atoms with Crippen LogP contribution in [0.4, 0.5) is 0 Å². The molecule has 1 aliphatic heterocycles. The highest BCUT2D eigenvalue weighted by Crippen LogP contribution is 2.52. The van der Waals surface area contributed by atoms with Gasteiger partial charge in [0.2, 0.25) is 0 Å². The van der Waals surface area contributed by atoms with Gasteiger partial charge < -0.3 is 24.9 Å². The first-order valence-corrected chi connectivity index (χ1v) is 8.84. The van der Waals surface area contributed by atoms with Crippen LogP contribution >= 0.6 is 24.0 Å². The lowest BCUT2D eigenvalue weighted by atomic mass is 9.57. The third-order valence-electron chi connectivity index (χ3n) is 5.25. The summed E-state index contributed by atoms with van der Waals surface area (Å²) in [6.45, 7) is 10.3. The Morgan fingerprint density at radius 2 is 2.20 bits per heavy atom. The van der Waals surface area contributed by atoms with E-state index in [2.05, 4.69) is 29.5 Å². The fourth-order valence-electron chi connectivity index (χ4n) is 3.98.